The second kappa shape index (κ2) is 7.39. The van der Waals surface area contributed by atoms with E-state index in [1.807, 2.05) is 6.92 Å². The van der Waals surface area contributed by atoms with Crippen molar-refractivity contribution < 1.29 is 9.53 Å². The first-order chi connectivity index (χ1) is 8.51. The third-order valence-corrected chi connectivity index (χ3v) is 5.01. The Morgan fingerprint density at radius 2 is 2.17 bits per heavy atom. The minimum absolute atomic E-state index is 0.0823. The summed E-state index contributed by atoms with van der Waals surface area (Å²) in [6.45, 7) is 10.1. The molecule has 0 aromatic heterocycles. The fourth-order valence-electron chi connectivity index (χ4n) is 2.77. The van der Waals surface area contributed by atoms with Crippen LogP contribution in [0.5, 0.6) is 0 Å². The zero-order chi connectivity index (χ0) is 13.6. The molecule has 1 aliphatic rings. The predicted octanol–water partition coefficient (Wildman–Crippen LogP) is 2.84. The summed E-state index contributed by atoms with van der Waals surface area (Å²) in [5, 5.41) is 4.13. The van der Waals surface area contributed by atoms with Crippen LogP contribution in [0.15, 0.2) is 0 Å². The number of hydrogen-bond donors (Lipinski definition) is 1. The van der Waals surface area contributed by atoms with Gasteiger partial charge in [0.1, 0.15) is 0 Å². The van der Waals surface area contributed by atoms with E-state index < -0.39 is 0 Å². The summed E-state index contributed by atoms with van der Waals surface area (Å²) in [6, 6.07) is 0.496. The van der Waals surface area contributed by atoms with Crippen molar-refractivity contribution in [1.82, 2.24) is 5.32 Å². The molecule has 0 bridgehead atoms. The van der Waals surface area contributed by atoms with Crippen molar-refractivity contribution in [1.29, 1.82) is 0 Å². The van der Waals surface area contributed by atoms with E-state index in [1.165, 1.54) is 19.3 Å². The molecule has 0 aliphatic heterocycles. The van der Waals surface area contributed by atoms with Gasteiger partial charge in [0.25, 0.3) is 0 Å². The number of ether oxygens (including phenoxy) is 1. The Bertz CT molecular complexity index is 269. The van der Waals surface area contributed by atoms with Crippen molar-refractivity contribution in [3.8, 4) is 0 Å². The van der Waals surface area contributed by atoms with E-state index in [-0.39, 0.29) is 5.97 Å². The maximum Gasteiger partial charge on any atom is 0.315 e. The summed E-state index contributed by atoms with van der Waals surface area (Å²) in [6.07, 6.45) is 3.72. The molecule has 0 radical (unpaired) electrons. The number of carbonyl (C=O) groups excluding carboxylic acids is 1. The van der Waals surface area contributed by atoms with E-state index in [0.717, 1.165) is 6.54 Å². The number of nitrogens with one attached hydrogen (secondary N) is 1. The number of rotatable bonds is 6. The van der Waals surface area contributed by atoms with Gasteiger partial charge in [0, 0.05) is 11.3 Å². The van der Waals surface area contributed by atoms with Crippen LogP contribution in [0.3, 0.4) is 0 Å². The van der Waals surface area contributed by atoms with Gasteiger partial charge in [-0.3, -0.25) is 4.79 Å². The third-order valence-electron chi connectivity index (χ3n) is 3.67. The molecule has 0 heterocycles. The fourth-order valence-corrected chi connectivity index (χ4v) is 4.19. The normalized spacial score (nSPS) is 26.9. The summed E-state index contributed by atoms with van der Waals surface area (Å²) in [5.41, 5.74) is 0.320. The summed E-state index contributed by atoms with van der Waals surface area (Å²) in [7, 11) is 0. The molecule has 18 heavy (non-hydrogen) atoms. The first-order valence-corrected chi connectivity index (χ1v) is 8.06. The van der Waals surface area contributed by atoms with Gasteiger partial charge in [-0.05, 0) is 31.7 Å². The number of esters is 1. The lowest BCUT2D eigenvalue weighted by Gasteiger charge is -2.44. The lowest BCUT2D eigenvalue weighted by Crippen LogP contribution is -2.51. The van der Waals surface area contributed by atoms with Crippen molar-refractivity contribution in [2.75, 3.05) is 18.9 Å². The molecule has 2 unspecified atom stereocenters. The Morgan fingerprint density at radius 1 is 1.44 bits per heavy atom. The minimum atomic E-state index is -0.0823. The van der Waals surface area contributed by atoms with Gasteiger partial charge >= 0.3 is 5.97 Å². The molecule has 1 saturated carbocycles. The molecule has 1 rings (SSSR count). The second-order valence-corrected chi connectivity index (χ2v) is 6.80. The predicted molar refractivity (Wildman–Crippen MR) is 78.0 cm³/mol. The highest BCUT2D eigenvalue weighted by Gasteiger charge is 2.38. The SMILES string of the molecule is CCNC1C(SCC(=O)OCC)CCCC1(C)C. The molecular weight excluding hydrogens is 246 g/mol. The van der Waals surface area contributed by atoms with Crippen molar-refractivity contribution in [2.24, 2.45) is 5.41 Å². The molecule has 0 aromatic carbocycles. The molecule has 4 heteroatoms. The van der Waals surface area contributed by atoms with E-state index in [4.69, 9.17) is 4.74 Å². The van der Waals surface area contributed by atoms with Crippen molar-refractivity contribution in [3.05, 3.63) is 0 Å². The van der Waals surface area contributed by atoms with Gasteiger partial charge in [-0.25, -0.2) is 0 Å². The fraction of sp³-hybridized carbons (Fsp3) is 0.929. The van der Waals surface area contributed by atoms with Crippen LogP contribution < -0.4 is 5.32 Å². The van der Waals surface area contributed by atoms with Crippen molar-refractivity contribution in [3.63, 3.8) is 0 Å². The van der Waals surface area contributed by atoms with Crippen LogP contribution in [-0.4, -0.2) is 36.2 Å². The number of thioether (sulfide) groups is 1. The summed E-state index contributed by atoms with van der Waals surface area (Å²) in [4.78, 5) is 11.4. The van der Waals surface area contributed by atoms with Crippen LogP contribution in [0, 0.1) is 5.41 Å². The Balaban J connectivity index is 2.53. The molecular formula is C14H27NO2S. The lowest BCUT2D eigenvalue weighted by molar-refractivity contribution is -0.139. The summed E-state index contributed by atoms with van der Waals surface area (Å²) < 4.78 is 5.00. The van der Waals surface area contributed by atoms with Crippen LogP contribution in [-0.2, 0) is 9.53 Å². The summed E-state index contributed by atoms with van der Waals surface area (Å²) >= 11 is 1.76. The topological polar surface area (TPSA) is 38.3 Å². The highest BCUT2D eigenvalue weighted by Crippen LogP contribution is 2.40. The molecule has 0 spiro atoms. The van der Waals surface area contributed by atoms with Crippen LogP contribution in [0.25, 0.3) is 0 Å². The molecule has 1 aliphatic carbocycles. The molecule has 2 atom stereocenters. The lowest BCUT2D eigenvalue weighted by atomic mass is 9.73. The van der Waals surface area contributed by atoms with Gasteiger partial charge in [0.05, 0.1) is 12.4 Å². The Kier molecular flexibility index (Phi) is 6.50. The molecule has 1 N–H and O–H groups in total. The number of carbonyl (C=O) groups is 1. The van der Waals surface area contributed by atoms with E-state index in [0.29, 0.717) is 29.1 Å². The highest BCUT2D eigenvalue weighted by atomic mass is 32.2. The number of hydrogen-bond acceptors (Lipinski definition) is 4. The Labute approximate surface area is 115 Å². The maximum absolute atomic E-state index is 11.4. The zero-order valence-corrected chi connectivity index (χ0v) is 12.9. The monoisotopic (exact) mass is 273 g/mol. The molecule has 1 fully saturated rings. The largest absolute Gasteiger partial charge is 0.465 e. The average molecular weight is 273 g/mol. The zero-order valence-electron chi connectivity index (χ0n) is 12.1. The van der Waals surface area contributed by atoms with Crippen LogP contribution in [0.1, 0.15) is 47.0 Å². The van der Waals surface area contributed by atoms with Crippen LogP contribution in [0.2, 0.25) is 0 Å². The van der Waals surface area contributed by atoms with E-state index in [1.54, 1.807) is 11.8 Å². The van der Waals surface area contributed by atoms with Gasteiger partial charge in [0.15, 0.2) is 0 Å². The standard InChI is InChI=1S/C14H27NO2S/c1-5-15-13-11(8-7-9-14(13,3)4)18-10-12(16)17-6-2/h11,13,15H,5-10H2,1-4H3. The molecule has 3 nitrogen and oxygen atoms in total. The third kappa shape index (κ3) is 4.47. The van der Waals surface area contributed by atoms with Gasteiger partial charge in [-0.2, -0.15) is 0 Å². The van der Waals surface area contributed by atoms with Crippen LogP contribution in [0.4, 0.5) is 0 Å². The first kappa shape index (κ1) is 15.8. The molecule has 0 saturated heterocycles. The van der Waals surface area contributed by atoms with E-state index in [2.05, 4.69) is 26.1 Å². The highest BCUT2D eigenvalue weighted by molar-refractivity contribution is 8.00. The summed E-state index contributed by atoms with van der Waals surface area (Å²) in [5.74, 6) is 0.400. The van der Waals surface area contributed by atoms with Crippen molar-refractivity contribution >= 4 is 17.7 Å². The molecule has 0 aromatic rings. The quantitative estimate of drug-likeness (QED) is 0.755. The Hall–Kier alpha value is -0.220. The first-order valence-electron chi connectivity index (χ1n) is 7.02. The molecule has 106 valence electrons. The molecule has 0 amide bonds. The smallest absolute Gasteiger partial charge is 0.315 e. The minimum Gasteiger partial charge on any atom is -0.465 e. The van der Waals surface area contributed by atoms with Crippen molar-refractivity contribution in [2.45, 2.75) is 58.2 Å². The maximum atomic E-state index is 11.4. The van der Waals surface area contributed by atoms with E-state index >= 15 is 0 Å². The van der Waals surface area contributed by atoms with E-state index in [9.17, 15) is 4.79 Å². The second-order valence-electron chi connectivity index (χ2n) is 5.57. The van der Waals surface area contributed by atoms with Gasteiger partial charge in [-0.15, -0.1) is 11.8 Å². The van der Waals surface area contributed by atoms with Gasteiger partial charge in [0.2, 0.25) is 0 Å². The van der Waals surface area contributed by atoms with Gasteiger partial charge in [-0.1, -0.05) is 27.2 Å². The Morgan fingerprint density at radius 3 is 2.78 bits per heavy atom. The van der Waals surface area contributed by atoms with Crippen LogP contribution >= 0.6 is 11.8 Å². The van der Waals surface area contributed by atoms with Gasteiger partial charge < -0.3 is 10.1 Å². The average Bonchev–Trinajstić information content (AvgIpc) is 2.30.